The van der Waals surface area contributed by atoms with Crippen LogP contribution in [0.15, 0.2) is 9.72 Å². The lowest BCUT2D eigenvalue weighted by molar-refractivity contribution is -0.136. The number of carbonyl (C=O) groups is 1. The molecule has 5 nitrogen and oxygen atoms in total. The summed E-state index contributed by atoms with van der Waals surface area (Å²) in [5, 5.41) is 11.1. The molecule has 0 radical (unpaired) electrons. The van der Waals surface area contributed by atoms with Gasteiger partial charge in [-0.05, 0) is 25.7 Å². The molecule has 0 aromatic carbocycles. The quantitative estimate of drug-likeness (QED) is 0.916. The smallest absolute Gasteiger partial charge is 0.309 e. The Labute approximate surface area is 132 Å². The van der Waals surface area contributed by atoms with E-state index < -0.39 is 5.97 Å². The second-order valence-corrected chi connectivity index (χ2v) is 7.96. The summed E-state index contributed by atoms with van der Waals surface area (Å²) in [5.74, 6) is -0.830. The molecule has 2 saturated heterocycles. The topological polar surface area (TPSA) is 68.7 Å². The Morgan fingerprint density at radius 2 is 2.29 bits per heavy atom. The summed E-state index contributed by atoms with van der Waals surface area (Å²) < 4.78 is 12.5. The lowest BCUT2D eigenvalue weighted by atomic mass is 9.86. The molecule has 3 rings (SSSR count). The summed E-state index contributed by atoms with van der Waals surface area (Å²) >= 11 is 3.32. The molecule has 0 bridgehead atoms. The molecule has 7 heteroatoms. The minimum Gasteiger partial charge on any atom is -0.481 e. The number of thiazole rings is 1. The maximum absolute atomic E-state index is 10.7. The van der Waals surface area contributed by atoms with Gasteiger partial charge in [0.1, 0.15) is 4.34 Å². The molecule has 0 amide bonds. The average Bonchev–Trinajstić information content (AvgIpc) is 2.86. The molecule has 2 aliphatic rings. The van der Waals surface area contributed by atoms with E-state index in [0.717, 1.165) is 49.8 Å². The normalized spacial score (nSPS) is 25.0. The van der Waals surface area contributed by atoms with Gasteiger partial charge < -0.3 is 14.6 Å². The average molecular weight is 329 g/mol. The van der Waals surface area contributed by atoms with Crippen LogP contribution in [-0.4, -0.2) is 46.7 Å². The van der Waals surface area contributed by atoms with Gasteiger partial charge in [0.2, 0.25) is 0 Å². The van der Waals surface area contributed by atoms with Crippen LogP contribution in [0.25, 0.3) is 0 Å². The zero-order valence-electron chi connectivity index (χ0n) is 11.7. The van der Waals surface area contributed by atoms with Crippen molar-refractivity contribution < 1.29 is 19.4 Å². The van der Waals surface area contributed by atoms with E-state index in [4.69, 9.17) is 14.6 Å². The minimum absolute atomic E-state index is 0.00464. The van der Waals surface area contributed by atoms with E-state index in [1.807, 2.05) is 5.38 Å². The summed E-state index contributed by atoms with van der Waals surface area (Å²) in [6, 6.07) is 0. The van der Waals surface area contributed by atoms with Gasteiger partial charge in [0.05, 0.1) is 17.7 Å². The summed E-state index contributed by atoms with van der Waals surface area (Å²) in [5.41, 5.74) is 0.651. The molecule has 1 unspecified atom stereocenters. The van der Waals surface area contributed by atoms with Crippen LogP contribution in [0, 0.1) is 0 Å². The maximum atomic E-state index is 10.7. The number of rotatable bonds is 4. The van der Waals surface area contributed by atoms with Gasteiger partial charge in [-0.2, -0.15) is 0 Å². The molecule has 3 heterocycles. The number of nitrogens with zero attached hydrogens (tertiary/aromatic N) is 1. The molecule has 1 atom stereocenters. The number of carboxylic acid groups (broad SMARTS) is 1. The second-order valence-electron chi connectivity index (χ2n) is 5.55. The van der Waals surface area contributed by atoms with Crippen LogP contribution in [0.3, 0.4) is 0 Å². The predicted octanol–water partition coefficient (Wildman–Crippen LogP) is 2.59. The first-order valence-corrected chi connectivity index (χ1v) is 8.96. The highest BCUT2D eigenvalue weighted by molar-refractivity contribution is 8.01. The number of thioether (sulfide) groups is 1. The fourth-order valence-corrected chi connectivity index (χ4v) is 5.27. The molecule has 1 aromatic heterocycles. The number of aromatic nitrogens is 1. The van der Waals surface area contributed by atoms with Crippen LogP contribution >= 0.6 is 23.1 Å². The molecule has 21 heavy (non-hydrogen) atoms. The highest BCUT2D eigenvalue weighted by Gasteiger charge is 2.39. The van der Waals surface area contributed by atoms with Crippen molar-refractivity contribution in [3.8, 4) is 0 Å². The van der Waals surface area contributed by atoms with Crippen molar-refractivity contribution in [1.29, 1.82) is 0 Å². The molecular weight excluding hydrogens is 310 g/mol. The van der Waals surface area contributed by atoms with Crippen molar-refractivity contribution >= 4 is 29.1 Å². The molecule has 1 spiro atoms. The van der Waals surface area contributed by atoms with Gasteiger partial charge in [-0.3, -0.25) is 4.79 Å². The van der Waals surface area contributed by atoms with Gasteiger partial charge in [-0.25, -0.2) is 4.98 Å². The Bertz CT molecular complexity index is 493. The van der Waals surface area contributed by atoms with Crippen molar-refractivity contribution in [3.63, 3.8) is 0 Å². The van der Waals surface area contributed by atoms with E-state index in [2.05, 4.69) is 4.98 Å². The molecule has 0 aliphatic carbocycles. The summed E-state index contributed by atoms with van der Waals surface area (Å²) in [6.07, 6.45) is 4.03. The van der Waals surface area contributed by atoms with Crippen molar-refractivity contribution in [3.05, 3.63) is 11.1 Å². The summed E-state index contributed by atoms with van der Waals surface area (Å²) in [4.78, 5) is 15.1. The molecule has 1 aromatic rings. The van der Waals surface area contributed by atoms with Crippen molar-refractivity contribution in [2.75, 3.05) is 19.8 Å². The summed E-state index contributed by atoms with van der Waals surface area (Å²) in [7, 11) is 0. The van der Waals surface area contributed by atoms with Crippen LogP contribution in [0.5, 0.6) is 0 Å². The van der Waals surface area contributed by atoms with Crippen LogP contribution < -0.4 is 0 Å². The Hall–Kier alpha value is -0.630. The second kappa shape index (κ2) is 6.64. The van der Waals surface area contributed by atoms with Gasteiger partial charge in [-0.15, -0.1) is 11.3 Å². The van der Waals surface area contributed by atoms with Gasteiger partial charge in [0.15, 0.2) is 0 Å². The van der Waals surface area contributed by atoms with E-state index in [1.54, 1.807) is 23.1 Å². The third-order valence-electron chi connectivity index (χ3n) is 3.98. The van der Waals surface area contributed by atoms with Gasteiger partial charge in [-0.1, -0.05) is 11.8 Å². The lowest BCUT2D eigenvalue weighted by Crippen LogP contribution is -2.45. The Morgan fingerprint density at radius 1 is 1.48 bits per heavy atom. The van der Waals surface area contributed by atoms with Crippen molar-refractivity contribution in [2.45, 2.75) is 47.3 Å². The molecular formula is C14H19NO4S2. The third-order valence-corrected chi connectivity index (χ3v) is 6.27. The van der Waals surface area contributed by atoms with Crippen LogP contribution in [0.4, 0.5) is 0 Å². The van der Waals surface area contributed by atoms with E-state index >= 15 is 0 Å². The largest absolute Gasteiger partial charge is 0.481 e. The van der Waals surface area contributed by atoms with E-state index in [-0.39, 0.29) is 12.0 Å². The van der Waals surface area contributed by atoms with Crippen LogP contribution in [-0.2, 0) is 20.7 Å². The first-order valence-electron chi connectivity index (χ1n) is 7.20. The first kappa shape index (κ1) is 15.3. The number of aliphatic carboxylic acids is 1. The Balaban J connectivity index is 1.59. The standard InChI is InChI=1S/C14H19NO4S2/c16-12(17)7-10-9-20-13(15-10)21-11-1-4-19-14(8-11)2-5-18-6-3-14/h9,11H,1-8H2,(H,16,17). The van der Waals surface area contributed by atoms with E-state index in [9.17, 15) is 4.79 Å². The van der Waals surface area contributed by atoms with Gasteiger partial charge in [0.25, 0.3) is 0 Å². The maximum Gasteiger partial charge on any atom is 0.309 e. The fraction of sp³-hybridized carbons (Fsp3) is 0.714. The predicted molar refractivity (Wildman–Crippen MR) is 81.1 cm³/mol. The van der Waals surface area contributed by atoms with Crippen LogP contribution in [0.1, 0.15) is 31.4 Å². The number of carboxylic acids is 1. The molecule has 116 valence electrons. The molecule has 0 saturated carbocycles. The van der Waals surface area contributed by atoms with Gasteiger partial charge in [0, 0.05) is 30.5 Å². The molecule has 1 N–H and O–H groups in total. The number of hydrogen-bond donors (Lipinski definition) is 1. The SMILES string of the molecule is O=C(O)Cc1csc(SC2CCOC3(CCOCC3)C2)n1. The van der Waals surface area contributed by atoms with Crippen LogP contribution in [0.2, 0.25) is 0 Å². The lowest BCUT2D eigenvalue weighted by Gasteiger charge is -2.42. The first-order chi connectivity index (χ1) is 10.2. The zero-order chi connectivity index (χ0) is 14.7. The molecule has 2 aliphatic heterocycles. The Kier molecular flexibility index (Phi) is 4.83. The van der Waals surface area contributed by atoms with E-state index in [1.165, 1.54) is 0 Å². The van der Waals surface area contributed by atoms with E-state index in [0.29, 0.717) is 10.9 Å². The highest BCUT2D eigenvalue weighted by Crippen LogP contribution is 2.41. The fourth-order valence-electron chi connectivity index (χ4n) is 2.90. The third kappa shape index (κ3) is 3.97. The molecule has 2 fully saturated rings. The number of ether oxygens (including phenoxy) is 2. The Morgan fingerprint density at radius 3 is 3.05 bits per heavy atom. The van der Waals surface area contributed by atoms with Crippen molar-refractivity contribution in [1.82, 2.24) is 4.98 Å². The summed E-state index contributed by atoms with van der Waals surface area (Å²) in [6.45, 7) is 2.37. The monoisotopic (exact) mass is 329 g/mol. The number of hydrogen-bond acceptors (Lipinski definition) is 6. The van der Waals surface area contributed by atoms with Crippen molar-refractivity contribution in [2.24, 2.45) is 0 Å². The zero-order valence-corrected chi connectivity index (χ0v) is 13.4. The minimum atomic E-state index is -0.830. The highest BCUT2D eigenvalue weighted by atomic mass is 32.2. The van der Waals surface area contributed by atoms with Gasteiger partial charge >= 0.3 is 5.97 Å².